The van der Waals surface area contributed by atoms with E-state index in [0.717, 1.165) is 24.1 Å². The molecule has 4 amide bonds. The summed E-state index contributed by atoms with van der Waals surface area (Å²) in [5, 5.41) is 5.88. The van der Waals surface area contributed by atoms with E-state index in [4.69, 9.17) is 0 Å². The van der Waals surface area contributed by atoms with Crippen molar-refractivity contribution in [1.82, 2.24) is 25.5 Å². The lowest BCUT2D eigenvalue weighted by Crippen LogP contribution is -2.44. The fourth-order valence-corrected chi connectivity index (χ4v) is 4.50. The SMILES string of the molecule is CCC(NC(=O)CCCN1C(=O)NC2(CCCC2)C1=O)c1ncc(-c2ccccc2)[nH]1. The summed E-state index contributed by atoms with van der Waals surface area (Å²) in [6.45, 7) is 2.25. The number of rotatable bonds is 8. The predicted octanol–water partition coefficient (Wildman–Crippen LogP) is 3.29. The van der Waals surface area contributed by atoms with Crippen LogP contribution in [0.5, 0.6) is 0 Å². The predicted molar refractivity (Wildman–Crippen MR) is 116 cm³/mol. The molecule has 4 rings (SSSR count). The molecule has 164 valence electrons. The minimum absolute atomic E-state index is 0.118. The van der Waals surface area contributed by atoms with Gasteiger partial charge in [0.15, 0.2) is 0 Å². The van der Waals surface area contributed by atoms with Crippen LogP contribution >= 0.6 is 0 Å². The molecule has 1 aromatic heterocycles. The van der Waals surface area contributed by atoms with E-state index in [-0.39, 0.29) is 36.9 Å². The van der Waals surface area contributed by atoms with E-state index in [1.165, 1.54) is 4.90 Å². The minimum Gasteiger partial charge on any atom is -0.346 e. The number of nitrogens with one attached hydrogen (secondary N) is 3. The number of imidazole rings is 1. The first-order valence-corrected chi connectivity index (χ1v) is 11.1. The maximum absolute atomic E-state index is 12.7. The quantitative estimate of drug-likeness (QED) is 0.566. The molecule has 2 fully saturated rings. The maximum atomic E-state index is 12.7. The molecule has 1 aromatic carbocycles. The van der Waals surface area contributed by atoms with Gasteiger partial charge in [0.25, 0.3) is 5.91 Å². The van der Waals surface area contributed by atoms with Crippen molar-refractivity contribution in [2.45, 2.75) is 63.5 Å². The summed E-state index contributed by atoms with van der Waals surface area (Å²) in [5.74, 6) is 0.463. The van der Waals surface area contributed by atoms with Crippen LogP contribution in [0.15, 0.2) is 36.5 Å². The van der Waals surface area contributed by atoms with E-state index in [1.54, 1.807) is 6.20 Å². The summed E-state index contributed by atoms with van der Waals surface area (Å²) in [6, 6.07) is 9.35. The average Bonchev–Trinajstić information content (AvgIpc) is 3.50. The number of urea groups is 1. The highest BCUT2D eigenvalue weighted by atomic mass is 16.2. The third kappa shape index (κ3) is 4.33. The molecule has 1 atom stereocenters. The van der Waals surface area contributed by atoms with E-state index < -0.39 is 5.54 Å². The molecule has 0 radical (unpaired) electrons. The van der Waals surface area contributed by atoms with Crippen molar-refractivity contribution in [2.24, 2.45) is 0 Å². The zero-order chi connectivity index (χ0) is 21.8. The molecule has 8 heteroatoms. The number of nitrogens with zero attached hydrogens (tertiary/aromatic N) is 2. The summed E-state index contributed by atoms with van der Waals surface area (Å²) >= 11 is 0. The third-order valence-electron chi connectivity index (χ3n) is 6.24. The molecular formula is C23H29N5O3. The Morgan fingerprint density at radius 3 is 2.68 bits per heavy atom. The van der Waals surface area contributed by atoms with E-state index in [9.17, 15) is 14.4 Å². The van der Waals surface area contributed by atoms with Crippen LogP contribution in [0.4, 0.5) is 4.79 Å². The number of aromatic nitrogens is 2. The van der Waals surface area contributed by atoms with Gasteiger partial charge in [0.1, 0.15) is 11.4 Å². The molecule has 8 nitrogen and oxygen atoms in total. The second-order valence-corrected chi connectivity index (χ2v) is 8.36. The Morgan fingerprint density at radius 2 is 1.97 bits per heavy atom. The Kier molecular flexibility index (Phi) is 6.06. The van der Waals surface area contributed by atoms with Crippen molar-refractivity contribution in [2.75, 3.05) is 6.54 Å². The van der Waals surface area contributed by atoms with Crippen LogP contribution in [0.1, 0.15) is 63.7 Å². The number of benzene rings is 1. The number of hydrogen-bond donors (Lipinski definition) is 3. The maximum Gasteiger partial charge on any atom is 0.325 e. The molecule has 3 N–H and O–H groups in total. The monoisotopic (exact) mass is 423 g/mol. The van der Waals surface area contributed by atoms with Gasteiger partial charge in [-0.1, -0.05) is 50.1 Å². The molecule has 1 unspecified atom stereocenters. The van der Waals surface area contributed by atoms with Gasteiger partial charge in [0, 0.05) is 13.0 Å². The summed E-state index contributed by atoms with van der Waals surface area (Å²) in [6.07, 6.45) is 6.48. The first-order valence-electron chi connectivity index (χ1n) is 11.1. The van der Waals surface area contributed by atoms with Crippen molar-refractivity contribution < 1.29 is 14.4 Å². The van der Waals surface area contributed by atoms with Gasteiger partial charge >= 0.3 is 6.03 Å². The van der Waals surface area contributed by atoms with Gasteiger partial charge in [-0.3, -0.25) is 14.5 Å². The Hall–Kier alpha value is -3.16. The molecule has 2 aromatic rings. The van der Waals surface area contributed by atoms with Crippen LogP contribution in [0.25, 0.3) is 11.3 Å². The fraction of sp³-hybridized carbons (Fsp3) is 0.478. The zero-order valence-corrected chi connectivity index (χ0v) is 17.8. The summed E-state index contributed by atoms with van der Waals surface area (Å²) in [4.78, 5) is 46.4. The van der Waals surface area contributed by atoms with Crippen LogP contribution in [0, 0.1) is 0 Å². The third-order valence-corrected chi connectivity index (χ3v) is 6.24. The van der Waals surface area contributed by atoms with E-state index in [1.807, 2.05) is 37.3 Å². The second-order valence-electron chi connectivity index (χ2n) is 8.36. The summed E-state index contributed by atoms with van der Waals surface area (Å²) in [5.41, 5.74) is 1.25. The molecular weight excluding hydrogens is 394 g/mol. The second kappa shape index (κ2) is 8.91. The molecule has 2 heterocycles. The molecule has 1 saturated carbocycles. The highest BCUT2D eigenvalue weighted by Crippen LogP contribution is 2.35. The first kappa shape index (κ1) is 21.1. The molecule has 31 heavy (non-hydrogen) atoms. The molecule has 1 saturated heterocycles. The van der Waals surface area contributed by atoms with Gasteiger partial charge in [-0.2, -0.15) is 0 Å². The molecule has 1 aliphatic carbocycles. The Labute approximate surface area is 181 Å². The Bertz CT molecular complexity index is 949. The average molecular weight is 424 g/mol. The number of carbonyl (C=O) groups is 3. The summed E-state index contributed by atoms with van der Waals surface area (Å²) < 4.78 is 0. The Balaban J connectivity index is 1.29. The number of aromatic amines is 1. The van der Waals surface area contributed by atoms with Gasteiger partial charge in [0.05, 0.1) is 17.9 Å². The molecule has 1 aliphatic heterocycles. The van der Waals surface area contributed by atoms with Crippen molar-refractivity contribution >= 4 is 17.8 Å². The number of imide groups is 1. The lowest BCUT2D eigenvalue weighted by Gasteiger charge is -2.20. The number of amides is 4. The highest BCUT2D eigenvalue weighted by molar-refractivity contribution is 6.07. The van der Waals surface area contributed by atoms with Crippen LogP contribution in [0.3, 0.4) is 0 Å². The Morgan fingerprint density at radius 1 is 1.23 bits per heavy atom. The van der Waals surface area contributed by atoms with Crippen LogP contribution < -0.4 is 10.6 Å². The van der Waals surface area contributed by atoms with Gasteiger partial charge in [-0.15, -0.1) is 0 Å². The molecule has 0 bridgehead atoms. The normalized spacial score (nSPS) is 18.4. The highest BCUT2D eigenvalue weighted by Gasteiger charge is 2.52. The van der Waals surface area contributed by atoms with Gasteiger partial charge in [0.2, 0.25) is 5.91 Å². The van der Waals surface area contributed by atoms with Gasteiger partial charge in [-0.25, -0.2) is 9.78 Å². The fourth-order valence-electron chi connectivity index (χ4n) is 4.50. The topological polar surface area (TPSA) is 107 Å². The van der Waals surface area contributed by atoms with Gasteiger partial charge in [-0.05, 0) is 31.2 Å². The lowest BCUT2D eigenvalue weighted by molar-refractivity contribution is -0.131. The first-order chi connectivity index (χ1) is 15.0. The van der Waals surface area contributed by atoms with E-state index in [0.29, 0.717) is 31.5 Å². The summed E-state index contributed by atoms with van der Waals surface area (Å²) in [7, 11) is 0. The van der Waals surface area contributed by atoms with Crippen molar-refractivity contribution in [3.05, 3.63) is 42.4 Å². The van der Waals surface area contributed by atoms with Crippen molar-refractivity contribution in [3.8, 4) is 11.3 Å². The minimum atomic E-state index is -0.692. The lowest BCUT2D eigenvalue weighted by atomic mass is 9.98. The molecule has 1 spiro atoms. The number of carbonyl (C=O) groups excluding carboxylic acids is 3. The number of hydrogen-bond acceptors (Lipinski definition) is 4. The largest absolute Gasteiger partial charge is 0.346 e. The van der Waals surface area contributed by atoms with Crippen LogP contribution in [-0.4, -0.2) is 44.8 Å². The van der Waals surface area contributed by atoms with Crippen molar-refractivity contribution in [1.29, 1.82) is 0 Å². The smallest absolute Gasteiger partial charge is 0.325 e. The van der Waals surface area contributed by atoms with Crippen LogP contribution in [-0.2, 0) is 9.59 Å². The van der Waals surface area contributed by atoms with Crippen LogP contribution in [0.2, 0.25) is 0 Å². The van der Waals surface area contributed by atoms with Crippen molar-refractivity contribution in [3.63, 3.8) is 0 Å². The number of H-pyrrole nitrogens is 1. The molecule has 2 aliphatic rings. The van der Waals surface area contributed by atoms with Gasteiger partial charge < -0.3 is 15.6 Å². The zero-order valence-electron chi connectivity index (χ0n) is 17.8. The standard InChI is InChI=1S/C23H29N5O3/c1-2-17(20-24-15-18(26-20)16-9-4-3-5-10-16)25-19(29)11-8-14-28-21(30)23(27-22(28)31)12-6-7-13-23/h3-5,9-10,15,17H,2,6-8,11-14H2,1H3,(H,24,26)(H,25,29)(H,27,31). The van der Waals surface area contributed by atoms with E-state index in [2.05, 4.69) is 20.6 Å². The van der Waals surface area contributed by atoms with E-state index >= 15 is 0 Å².